The van der Waals surface area contributed by atoms with Gasteiger partial charge >= 0.3 is 5.97 Å². The van der Waals surface area contributed by atoms with Crippen LogP contribution in [0.1, 0.15) is 31.1 Å². The molecule has 20 heavy (non-hydrogen) atoms. The first kappa shape index (κ1) is 14.9. The lowest BCUT2D eigenvalue weighted by Gasteiger charge is -2.30. The molecule has 1 aromatic heterocycles. The molecule has 0 aromatic carbocycles. The molecule has 1 aliphatic heterocycles. The predicted octanol–water partition coefficient (Wildman–Crippen LogP) is 1.79. The highest BCUT2D eigenvalue weighted by molar-refractivity contribution is 7.15. The first-order valence-corrected chi connectivity index (χ1v) is 7.51. The normalized spacial score (nSPS) is 17.1. The summed E-state index contributed by atoms with van der Waals surface area (Å²) in [4.78, 5) is 29.2. The summed E-state index contributed by atoms with van der Waals surface area (Å²) in [5.74, 6) is -0.508. The third-order valence-electron chi connectivity index (χ3n) is 3.39. The molecule has 0 unspecified atom stereocenters. The van der Waals surface area contributed by atoms with Crippen molar-refractivity contribution >= 4 is 28.3 Å². The summed E-state index contributed by atoms with van der Waals surface area (Å²) in [6.45, 7) is 4.13. The first-order chi connectivity index (χ1) is 9.52. The van der Waals surface area contributed by atoms with Gasteiger partial charge in [-0.2, -0.15) is 0 Å². The number of aliphatic carboxylic acids is 1. The molecule has 0 radical (unpaired) electrons. The number of carboxylic acids is 1. The van der Waals surface area contributed by atoms with E-state index in [0.29, 0.717) is 11.0 Å². The second-order valence-electron chi connectivity index (χ2n) is 5.13. The number of carboxylic acid groups (broad SMARTS) is 1. The van der Waals surface area contributed by atoms with Crippen molar-refractivity contribution in [2.75, 3.05) is 18.4 Å². The van der Waals surface area contributed by atoms with Gasteiger partial charge in [-0.1, -0.05) is 0 Å². The van der Waals surface area contributed by atoms with Crippen LogP contribution in [-0.4, -0.2) is 40.0 Å². The Kier molecular flexibility index (Phi) is 5.08. The van der Waals surface area contributed by atoms with Crippen LogP contribution in [-0.2, 0) is 16.1 Å². The summed E-state index contributed by atoms with van der Waals surface area (Å²) in [7, 11) is 0. The highest BCUT2D eigenvalue weighted by Gasteiger charge is 2.21. The zero-order chi connectivity index (χ0) is 14.5. The highest BCUT2D eigenvalue weighted by atomic mass is 32.1. The summed E-state index contributed by atoms with van der Waals surface area (Å²) < 4.78 is 0. The molecule has 110 valence electrons. The van der Waals surface area contributed by atoms with Crippen molar-refractivity contribution in [2.24, 2.45) is 5.92 Å². The van der Waals surface area contributed by atoms with E-state index in [0.717, 1.165) is 37.4 Å². The number of hydrogen-bond acceptors (Lipinski definition) is 5. The first-order valence-electron chi connectivity index (χ1n) is 6.69. The molecule has 1 saturated heterocycles. The van der Waals surface area contributed by atoms with Gasteiger partial charge in [-0.15, -0.1) is 11.3 Å². The number of nitrogens with one attached hydrogen (secondary N) is 1. The lowest BCUT2D eigenvalue weighted by molar-refractivity contribution is -0.138. The van der Waals surface area contributed by atoms with E-state index < -0.39 is 5.97 Å². The molecule has 0 spiro atoms. The van der Waals surface area contributed by atoms with Crippen LogP contribution in [0.4, 0.5) is 5.13 Å². The molecule has 7 heteroatoms. The zero-order valence-electron chi connectivity index (χ0n) is 11.5. The number of rotatable bonds is 5. The Labute approximate surface area is 121 Å². The highest BCUT2D eigenvalue weighted by Crippen LogP contribution is 2.24. The van der Waals surface area contributed by atoms with Crippen LogP contribution in [0.3, 0.4) is 0 Å². The number of likely N-dealkylation sites (tertiary alicyclic amines) is 1. The summed E-state index contributed by atoms with van der Waals surface area (Å²) in [5.41, 5.74) is 0. The fourth-order valence-electron chi connectivity index (χ4n) is 2.40. The van der Waals surface area contributed by atoms with Crippen molar-refractivity contribution < 1.29 is 14.7 Å². The molecule has 2 N–H and O–H groups in total. The Balaban J connectivity index is 1.79. The Morgan fingerprint density at radius 1 is 1.50 bits per heavy atom. The maximum absolute atomic E-state index is 10.9. The molecule has 0 saturated carbocycles. The van der Waals surface area contributed by atoms with Crippen LogP contribution in [0.25, 0.3) is 0 Å². The minimum atomic E-state index is -0.703. The van der Waals surface area contributed by atoms with Crippen molar-refractivity contribution in [1.29, 1.82) is 0 Å². The van der Waals surface area contributed by atoms with Crippen LogP contribution in [0.5, 0.6) is 0 Å². The smallest absolute Gasteiger partial charge is 0.303 e. The summed E-state index contributed by atoms with van der Waals surface area (Å²) >= 11 is 1.49. The number of piperidine rings is 1. The minimum absolute atomic E-state index is 0.111. The largest absolute Gasteiger partial charge is 0.481 e. The van der Waals surface area contributed by atoms with Crippen LogP contribution in [0.15, 0.2) is 6.20 Å². The molecule has 1 fully saturated rings. The number of thiazole rings is 1. The second-order valence-corrected chi connectivity index (χ2v) is 6.25. The summed E-state index contributed by atoms with van der Waals surface area (Å²) in [6.07, 6.45) is 3.94. The van der Waals surface area contributed by atoms with E-state index in [9.17, 15) is 9.59 Å². The standard InChI is InChI=1S/C13H19N3O3S/c1-9(17)15-13-14-7-11(20-13)8-16-4-2-10(3-5-16)6-12(18)19/h7,10H,2-6,8H2,1H3,(H,18,19)(H,14,15,17). The topological polar surface area (TPSA) is 82.5 Å². The molecule has 1 aliphatic rings. The molecule has 0 aliphatic carbocycles. The van der Waals surface area contributed by atoms with E-state index in [2.05, 4.69) is 15.2 Å². The van der Waals surface area contributed by atoms with E-state index in [-0.39, 0.29) is 12.3 Å². The monoisotopic (exact) mass is 297 g/mol. The van der Waals surface area contributed by atoms with Gasteiger partial charge < -0.3 is 10.4 Å². The molecule has 2 rings (SSSR count). The van der Waals surface area contributed by atoms with Crippen LogP contribution in [0, 0.1) is 5.92 Å². The quantitative estimate of drug-likeness (QED) is 0.866. The van der Waals surface area contributed by atoms with Crippen molar-refractivity contribution in [3.63, 3.8) is 0 Å². The Morgan fingerprint density at radius 3 is 2.80 bits per heavy atom. The van der Waals surface area contributed by atoms with Crippen LogP contribution in [0.2, 0.25) is 0 Å². The fraction of sp³-hybridized carbons (Fsp3) is 0.615. The van der Waals surface area contributed by atoms with Gasteiger partial charge in [0.25, 0.3) is 0 Å². The maximum Gasteiger partial charge on any atom is 0.303 e. The number of carbonyl (C=O) groups excluding carboxylic acids is 1. The van der Waals surface area contributed by atoms with Crippen molar-refractivity contribution in [3.05, 3.63) is 11.1 Å². The minimum Gasteiger partial charge on any atom is -0.481 e. The van der Waals surface area contributed by atoms with Crippen molar-refractivity contribution in [1.82, 2.24) is 9.88 Å². The Morgan fingerprint density at radius 2 is 2.20 bits per heavy atom. The van der Waals surface area contributed by atoms with E-state index in [1.807, 2.05) is 0 Å². The van der Waals surface area contributed by atoms with Gasteiger partial charge in [-0.25, -0.2) is 4.98 Å². The number of amides is 1. The Hall–Kier alpha value is -1.47. The molecular weight excluding hydrogens is 278 g/mol. The zero-order valence-corrected chi connectivity index (χ0v) is 12.3. The van der Waals surface area contributed by atoms with Gasteiger partial charge in [0.2, 0.25) is 5.91 Å². The van der Waals surface area contributed by atoms with Crippen LogP contribution < -0.4 is 5.32 Å². The second kappa shape index (κ2) is 6.81. The van der Waals surface area contributed by atoms with E-state index in [4.69, 9.17) is 5.11 Å². The third kappa shape index (κ3) is 4.57. The SMILES string of the molecule is CC(=O)Nc1ncc(CN2CCC(CC(=O)O)CC2)s1. The Bertz CT molecular complexity index is 481. The molecule has 6 nitrogen and oxygen atoms in total. The molecule has 0 atom stereocenters. The maximum atomic E-state index is 10.9. The van der Waals surface area contributed by atoms with Gasteiger partial charge in [0.15, 0.2) is 5.13 Å². The molecule has 0 bridgehead atoms. The summed E-state index contributed by atoms with van der Waals surface area (Å²) in [6, 6.07) is 0. The fourth-order valence-corrected chi connectivity index (χ4v) is 3.31. The molecule has 1 amide bonds. The van der Waals surface area contributed by atoms with Crippen molar-refractivity contribution in [2.45, 2.75) is 32.7 Å². The van der Waals surface area contributed by atoms with Gasteiger partial charge in [-0.3, -0.25) is 14.5 Å². The van der Waals surface area contributed by atoms with Gasteiger partial charge in [0, 0.05) is 31.0 Å². The average Bonchev–Trinajstić information content (AvgIpc) is 2.77. The number of aromatic nitrogens is 1. The van der Waals surface area contributed by atoms with E-state index >= 15 is 0 Å². The van der Waals surface area contributed by atoms with Gasteiger partial charge in [-0.05, 0) is 31.8 Å². The van der Waals surface area contributed by atoms with E-state index in [1.54, 1.807) is 6.20 Å². The molecule has 2 heterocycles. The summed E-state index contributed by atoms with van der Waals surface area (Å²) in [5, 5.41) is 12.1. The number of nitrogens with zero attached hydrogens (tertiary/aromatic N) is 2. The van der Waals surface area contributed by atoms with Crippen LogP contribution >= 0.6 is 11.3 Å². The number of hydrogen-bond donors (Lipinski definition) is 2. The predicted molar refractivity (Wildman–Crippen MR) is 76.7 cm³/mol. The number of carbonyl (C=O) groups is 2. The third-order valence-corrected chi connectivity index (χ3v) is 4.28. The van der Waals surface area contributed by atoms with Gasteiger partial charge in [0.1, 0.15) is 0 Å². The lowest BCUT2D eigenvalue weighted by Crippen LogP contribution is -2.33. The van der Waals surface area contributed by atoms with Crippen molar-refractivity contribution in [3.8, 4) is 0 Å². The molecular formula is C13H19N3O3S. The van der Waals surface area contributed by atoms with Gasteiger partial charge in [0.05, 0.1) is 0 Å². The molecule has 1 aromatic rings. The number of anilines is 1. The average molecular weight is 297 g/mol. The lowest BCUT2D eigenvalue weighted by atomic mass is 9.94. The van der Waals surface area contributed by atoms with E-state index in [1.165, 1.54) is 18.3 Å².